The summed E-state index contributed by atoms with van der Waals surface area (Å²) in [5.74, 6) is -1.86. The van der Waals surface area contributed by atoms with E-state index in [0.717, 1.165) is 23.8 Å². The van der Waals surface area contributed by atoms with Crippen LogP contribution in [-0.2, 0) is 30.7 Å². The van der Waals surface area contributed by atoms with Crippen molar-refractivity contribution in [2.45, 2.75) is 56.7 Å². The summed E-state index contributed by atoms with van der Waals surface area (Å²) in [6, 6.07) is 9.31. The highest BCUT2D eigenvalue weighted by Gasteiger charge is 2.40. The molecule has 2 heterocycles. The van der Waals surface area contributed by atoms with Gasteiger partial charge in [0, 0.05) is 54.9 Å². The molecule has 0 spiro atoms. The average Bonchev–Trinajstić information content (AvgIpc) is 2.97. The van der Waals surface area contributed by atoms with Crippen LogP contribution < -0.4 is 16.0 Å². The maximum Gasteiger partial charge on any atom is 0.420 e. The van der Waals surface area contributed by atoms with Crippen molar-refractivity contribution in [1.29, 1.82) is 0 Å². The molecular weight excluding hydrogens is 599 g/mol. The van der Waals surface area contributed by atoms with Crippen molar-refractivity contribution in [2.24, 2.45) is 11.7 Å². The number of hydrogen-bond acceptors (Lipinski definition) is 8. The first-order valence-electron chi connectivity index (χ1n) is 14.4. The number of nitrogens with zero attached hydrogens (tertiary/aromatic N) is 2. The molecule has 4 rings (SSSR count). The fourth-order valence-electron chi connectivity index (χ4n) is 6.37. The third-order valence-electron chi connectivity index (χ3n) is 8.34. The van der Waals surface area contributed by atoms with Gasteiger partial charge in [-0.1, -0.05) is 29.8 Å². The first-order valence-corrected chi connectivity index (χ1v) is 16.6. The van der Waals surface area contributed by atoms with Gasteiger partial charge in [0.15, 0.2) is 0 Å². The number of piperazine rings is 1. The third kappa shape index (κ3) is 7.73. The minimum Gasteiger partial charge on any atom is -0.452 e. The Bertz CT molecular complexity index is 1390. The highest BCUT2D eigenvalue weighted by Crippen LogP contribution is 2.37. The number of anilines is 1. The number of nitrogens with two attached hydrogens (primary N) is 1. The summed E-state index contributed by atoms with van der Waals surface area (Å²) in [4.78, 5) is 28.2. The highest BCUT2D eigenvalue weighted by atomic mass is 35.5. The van der Waals surface area contributed by atoms with E-state index in [0.29, 0.717) is 44.2 Å². The molecular formula is C30H40ClFN4O6S. The van der Waals surface area contributed by atoms with Crippen molar-refractivity contribution >= 4 is 39.3 Å². The summed E-state index contributed by atoms with van der Waals surface area (Å²) < 4.78 is 52.6. The number of rotatable bonds is 9. The summed E-state index contributed by atoms with van der Waals surface area (Å²) >= 11 is 6.13. The van der Waals surface area contributed by atoms with Gasteiger partial charge < -0.3 is 20.5 Å². The number of nitrogens with one attached hydrogen (secondary N) is 1. The molecule has 0 aromatic heterocycles. The Hall–Kier alpha value is -2.61. The zero-order valence-corrected chi connectivity index (χ0v) is 26.2. The van der Waals surface area contributed by atoms with Gasteiger partial charge in [0.1, 0.15) is 5.82 Å². The van der Waals surface area contributed by atoms with Crippen LogP contribution in [0.1, 0.15) is 43.2 Å². The standard InChI is InChI=1S/C30H40ClFN4O6S/c1-19-17-34-18-23(36(19)43(3,39)40)11-12-24-25(32)5-4-6-26(24)35(30(38)41-2)29(37)28(33)27(21-13-15-42-16-14-21)20-7-9-22(31)10-8-20/h4-10,19,21,23,27-28,34H,11-18,33H2,1-3H3/t19-,23+,27+,28+/m1/s1. The van der Waals surface area contributed by atoms with Crippen molar-refractivity contribution in [3.8, 4) is 0 Å². The van der Waals surface area contributed by atoms with Crippen molar-refractivity contribution in [3.05, 3.63) is 64.4 Å². The van der Waals surface area contributed by atoms with E-state index in [9.17, 15) is 18.0 Å². The highest BCUT2D eigenvalue weighted by molar-refractivity contribution is 7.88. The Morgan fingerprint density at radius 3 is 2.49 bits per heavy atom. The molecule has 2 aliphatic heterocycles. The van der Waals surface area contributed by atoms with Gasteiger partial charge in [-0.3, -0.25) is 4.79 Å². The average molecular weight is 639 g/mol. The second-order valence-corrected chi connectivity index (χ2v) is 13.6. The number of benzene rings is 2. The van der Waals surface area contributed by atoms with Gasteiger partial charge in [0.25, 0.3) is 5.91 Å². The number of halogens is 2. The minimum absolute atomic E-state index is 0.0110. The van der Waals surface area contributed by atoms with Gasteiger partial charge in [-0.25, -0.2) is 22.5 Å². The molecule has 2 aromatic carbocycles. The van der Waals surface area contributed by atoms with Crippen molar-refractivity contribution in [3.63, 3.8) is 0 Å². The normalized spacial score (nSPS) is 21.6. The lowest BCUT2D eigenvalue weighted by Crippen LogP contribution is -2.58. The van der Waals surface area contributed by atoms with Crippen LogP contribution in [0.15, 0.2) is 42.5 Å². The number of carbonyl (C=O) groups is 2. The summed E-state index contributed by atoms with van der Waals surface area (Å²) in [5, 5.41) is 3.76. The van der Waals surface area contributed by atoms with Crippen molar-refractivity contribution in [2.75, 3.05) is 44.6 Å². The van der Waals surface area contributed by atoms with Crippen LogP contribution in [0.3, 0.4) is 0 Å². The van der Waals surface area contributed by atoms with Crippen LogP contribution in [0.5, 0.6) is 0 Å². The Morgan fingerprint density at radius 1 is 1.19 bits per heavy atom. The van der Waals surface area contributed by atoms with Crippen LogP contribution in [0.25, 0.3) is 0 Å². The van der Waals surface area contributed by atoms with Crippen LogP contribution in [0, 0.1) is 11.7 Å². The summed E-state index contributed by atoms with van der Waals surface area (Å²) in [7, 11) is -2.39. The molecule has 13 heteroatoms. The Labute approximate surface area is 257 Å². The van der Waals surface area contributed by atoms with E-state index in [1.54, 1.807) is 12.1 Å². The first kappa shape index (κ1) is 33.3. The van der Waals surface area contributed by atoms with E-state index in [4.69, 9.17) is 26.8 Å². The maximum absolute atomic E-state index is 15.5. The lowest BCUT2D eigenvalue weighted by atomic mass is 9.76. The lowest BCUT2D eigenvalue weighted by Gasteiger charge is -2.39. The SMILES string of the molecule is COC(=O)N(C(=O)[C@@H](N)[C@@H](c1ccc(Cl)cc1)C1CCOCC1)c1cccc(F)c1CC[C@H]1CNC[C@@H](C)N1S(C)(=O)=O. The zero-order chi connectivity index (χ0) is 31.3. The van der Waals surface area contributed by atoms with Gasteiger partial charge in [-0.2, -0.15) is 4.31 Å². The van der Waals surface area contributed by atoms with E-state index in [-0.39, 0.29) is 36.1 Å². The molecule has 2 aromatic rings. The van der Waals surface area contributed by atoms with E-state index in [1.165, 1.54) is 22.5 Å². The van der Waals surface area contributed by atoms with Gasteiger partial charge >= 0.3 is 6.09 Å². The van der Waals surface area contributed by atoms with Gasteiger partial charge in [-0.15, -0.1) is 0 Å². The summed E-state index contributed by atoms with van der Waals surface area (Å²) in [6.45, 7) is 3.73. The molecule has 2 fully saturated rings. The number of amides is 2. The third-order valence-corrected chi connectivity index (χ3v) is 10.0. The number of ether oxygens (including phenoxy) is 2. The van der Waals surface area contributed by atoms with Crippen molar-refractivity contribution in [1.82, 2.24) is 9.62 Å². The van der Waals surface area contributed by atoms with E-state index in [1.807, 2.05) is 19.1 Å². The fraction of sp³-hybridized carbons (Fsp3) is 0.533. The molecule has 2 aliphatic rings. The zero-order valence-electron chi connectivity index (χ0n) is 24.7. The molecule has 236 valence electrons. The van der Waals surface area contributed by atoms with Crippen LogP contribution >= 0.6 is 11.6 Å². The molecule has 3 N–H and O–H groups in total. The monoisotopic (exact) mass is 638 g/mol. The maximum atomic E-state index is 15.5. The molecule has 10 nitrogen and oxygen atoms in total. The molecule has 2 amide bonds. The van der Waals surface area contributed by atoms with Crippen LogP contribution in [0.2, 0.25) is 5.02 Å². The minimum atomic E-state index is -3.53. The quantitative estimate of drug-likeness (QED) is 0.425. The smallest absolute Gasteiger partial charge is 0.420 e. The van der Waals surface area contributed by atoms with Crippen LogP contribution in [-0.4, -0.2) is 82.5 Å². The molecule has 0 bridgehead atoms. The van der Waals surface area contributed by atoms with E-state index < -0.39 is 45.8 Å². The first-order chi connectivity index (χ1) is 20.4. The number of imide groups is 1. The Morgan fingerprint density at radius 2 is 1.86 bits per heavy atom. The summed E-state index contributed by atoms with van der Waals surface area (Å²) in [5.41, 5.74) is 7.60. The molecule has 4 atom stereocenters. The van der Waals surface area contributed by atoms with Gasteiger partial charge in [-0.05, 0) is 68.4 Å². The number of carbonyl (C=O) groups excluding carboxylic acids is 2. The molecule has 0 aliphatic carbocycles. The predicted octanol–water partition coefficient (Wildman–Crippen LogP) is 3.67. The van der Waals surface area contributed by atoms with Gasteiger partial charge in [0.2, 0.25) is 10.0 Å². The molecule has 43 heavy (non-hydrogen) atoms. The van der Waals surface area contributed by atoms with Gasteiger partial charge in [0.05, 0.1) is 25.1 Å². The number of methoxy groups -OCH3 is 1. The Balaban J connectivity index is 1.69. The predicted molar refractivity (Wildman–Crippen MR) is 163 cm³/mol. The molecule has 0 unspecified atom stereocenters. The lowest BCUT2D eigenvalue weighted by molar-refractivity contribution is -0.120. The second kappa shape index (κ2) is 14.4. The number of sulfonamides is 1. The number of hydrogen-bond donors (Lipinski definition) is 2. The molecule has 0 saturated carbocycles. The topological polar surface area (TPSA) is 131 Å². The van der Waals surface area contributed by atoms with E-state index >= 15 is 4.39 Å². The molecule has 0 radical (unpaired) electrons. The van der Waals surface area contributed by atoms with Crippen molar-refractivity contribution < 1.29 is 31.9 Å². The Kier molecular flexibility index (Phi) is 11.2. The largest absolute Gasteiger partial charge is 0.452 e. The van der Waals surface area contributed by atoms with Crippen LogP contribution in [0.4, 0.5) is 14.9 Å². The van der Waals surface area contributed by atoms with E-state index in [2.05, 4.69) is 5.32 Å². The molecule has 2 saturated heterocycles. The second-order valence-electron chi connectivity index (χ2n) is 11.2. The summed E-state index contributed by atoms with van der Waals surface area (Å²) in [6.07, 6.45) is 1.81. The fourth-order valence-corrected chi connectivity index (χ4v) is 7.95.